The van der Waals surface area contributed by atoms with Gasteiger partial charge in [-0.15, -0.1) is 0 Å². The molecule has 0 aliphatic carbocycles. The van der Waals surface area contributed by atoms with Crippen LogP contribution in [0, 0.1) is 13.8 Å². The summed E-state index contributed by atoms with van der Waals surface area (Å²) in [5, 5.41) is 5.22. The standard InChI is InChI=1S/C17H20Cl2N2O3/c1-10-8-12(18)9-11(2)13(10)17(19)14(22)16(20-15(17)23)4-6-21(24-3)7-5-16/h8-9H,4-7H2,1-3H3,(H,20,23). The van der Waals surface area contributed by atoms with Gasteiger partial charge < -0.3 is 10.2 Å². The van der Waals surface area contributed by atoms with Crippen molar-refractivity contribution < 1.29 is 14.4 Å². The van der Waals surface area contributed by atoms with E-state index in [2.05, 4.69) is 5.32 Å². The molecule has 24 heavy (non-hydrogen) atoms. The number of aryl methyl sites for hydroxylation is 2. The Morgan fingerprint density at radius 1 is 1.17 bits per heavy atom. The Hall–Kier alpha value is -1.14. The highest BCUT2D eigenvalue weighted by atomic mass is 35.5. The first-order valence-corrected chi connectivity index (χ1v) is 8.63. The number of nitrogens with one attached hydrogen (secondary N) is 1. The summed E-state index contributed by atoms with van der Waals surface area (Å²) in [5.41, 5.74) is 1.10. The number of amides is 1. The lowest BCUT2D eigenvalue weighted by Gasteiger charge is -2.37. The van der Waals surface area contributed by atoms with Gasteiger partial charge in [-0.2, -0.15) is 5.06 Å². The zero-order valence-corrected chi connectivity index (χ0v) is 15.4. The van der Waals surface area contributed by atoms with E-state index >= 15 is 0 Å². The van der Waals surface area contributed by atoms with Gasteiger partial charge >= 0.3 is 0 Å². The predicted octanol–water partition coefficient (Wildman–Crippen LogP) is 2.49. The van der Waals surface area contributed by atoms with E-state index < -0.39 is 16.3 Å². The Labute approximate surface area is 151 Å². The lowest BCUT2D eigenvalue weighted by Crippen LogP contribution is -2.54. The molecule has 7 heteroatoms. The van der Waals surface area contributed by atoms with E-state index in [0.29, 0.717) is 36.5 Å². The number of rotatable bonds is 2. The second-order valence-corrected chi connectivity index (χ2v) is 7.55. The molecule has 1 unspecified atom stereocenters. The maximum Gasteiger partial charge on any atom is 0.254 e. The van der Waals surface area contributed by atoms with E-state index in [1.54, 1.807) is 24.3 Å². The number of halogens is 2. The summed E-state index contributed by atoms with van der Waals surface area (Å²) in [6.07, 6.45) is 0.955. The van der Waals surface area contributed by atoms with Gasteiger partial charge in [0, 0.05) is 18.1 Å². The molecule has 2 heterocycles. The molecule has 1 N–H and O–H groups in total. The number of nitrogens with zero attached hydrogens (tertiary/aromatic N) is 1. The Morgan fingerprint density at radius 2 is 1.71 bits per heavy atom. The number of carbonyl (C=O) groups excluding carboxylic acids is 2. The van der Waals surface area contributed by atoms with Gasteiger partial charge in [0.05, 0.1) is 7.11 Å². The summed E-state index contributed by atoms with van der Waals surface area (Å²) in [6.45, 7) is 4.76. The van der Waals surface area contributed by atoms with Crippen molar-refractivity contribution in [1.29, 1.82) is 0 Å². The molecule has 1 aromatic rings. The highest BCUT2D eigenvalue weighted by Gasteiger charge is 2.63. The number of piperidine rings is 1. The van der Waals surface area contributed by atoms with Gasteiger partial charge in [0.1, 0.15) is 5.54 Å². The quantitative estimate of drug-likeness (QED) is 0.641. The van der Waals surface area contributed by atoms with Crippen molar-refractivity contribution >= 4 is 34.9 Å². The molecule has 1 atom stereocenters. The largest absolute Gasteiger partial charge is 0.341 e. The summed E-state index contributed by atoms with van der Waals surface area (Å²) in [4.78, 5) is 29.6. The lowest BCUT2D eigenvalue weighted by molar-refractivity contribution is -0.157. The highest BCUT2D eigenvalue weighted by molar-refractivity contribution is 6.50. The van der Waals surface area contributed by atoms with Crippen LogP contribution in [0.1, 0.15) is 29.5 Å². The molecule has 5 nitrogen and oxygen atoms in total. The molecule has 2 saturated heterocycles. The van der Waals surface area contributed by atoms with Gasteiger partial charge in [-0.3, -0.25) is 9.59 Å². The van der Waals surface area contributed by atoms with Crippen LogP contribution >= 0.6 is 23.2 Å². The van der Waals surface area contributed by atoms with Crippen LogP contribution in [-0.2, 0) is 19.3 Å². The van der Waals surface area contributed by atoms with Gasteiger partial charge in [-0.1, -0.05) is 23.2 Å². The van der Waals surface area contributed by atoms with E-state index in [1.165, 1.54) is 0 Å². The predicted molar refractivity (Wildman–Crippen MR) is 92.2 cm³/mol. The SMILES string of the molecule is CON1CCC2(CC1)NC(=O)C(Cl)(c1c(C)cc(Cl)cc1C)C2=O. The normalized spacial score (nSPS) is 26.9. The number of hydroxylamine groups is 2. The Kier molecular flexibility index (Phi) is 4.41. The monoisotopic (exact) mass is 370 g/mol. The molecule has 130 valence electrons. The minimum atomic E-state index is -1.70. The molecule has 1 spiro atoms. The fourth-order valence-corrected chi connectivity index (χ4v) is 4.73. The second-order valence-electron chi connectivity index (χ2n) is 6.55. The Bertz CT molecular complexity index is 691. The van der Waals surface area contributed by atoms with Crippen LogP contribution in [0.2, 0.25) is 5.02 Å². The molecule has 0 bridgehead atoms. The van der Waals surface area contributed by atoms with Gasteiger partial charge in [0.2, 0.25) is 4.87 Å². The third kappa shape index (κ3) is 2.46. The molecular formula is C17H20Cl2N2O3. The maximum atomic E-state index is 13.3. The van der Waals surface area contributed by atoms with Crippen LogP contribution in [0.25, 0.3) is 0 Å². The van der Waals surface area contributed by atoms with Crippen molar-refractivity contribution in [2.24, 2.45) is 0 Å². The fourth-order valence-electron chi connectivity index (χ4n) is 3.88. The molecular weight excluding hydrogens is 351 g/mol. The molecule has 0 saturated carbocycles. The summed E-state index contributed by atoms with van der Waals surface area (Å²) in [7, 11) is 1.60. The molecule has 0 aromatic heterocycles. The number of ketones is 1. The number of carbonyl (C=O) groups is 2. The van der Waals surface area contributed by atoms with E-state index in [4.69, 9.17) is 28.0 Å². The molecule has 3 rings (SSSR count). The summed E-state index contributed by atoms with van der Waals surface area (Å²) >= 11 is 12.8. The summed E-state index contributed by atoms with van der Waals surface area (Å²) < 4.78 is 0. The van der Waals surface area contributed by atoms with E-state index in [9.17, 15) is 9.59 Å². The molecule has 1 amide bonds. The van der Waals surface area contributed by atoms with Crippen LogP contribution in [0.15, 0.2) is 12.1 Å². The smallest absolute Gasteiger partial charge is 0.254 e. The van der Waals surface area contributed by atoms with Crippen LogP contribution < -0.4 is 5.32 Å². The Morgan fingerprint density at radius 3 is 2.21 bits per heavy atom. The summed E-state index contributed by atoms with van der Waals surface area (Å²) in [5.74, 6) is -0.723. The number of hydrogen-bond donors (Lipinski definition) is 1. The van der Waals surface area contributed by atoms with Crippen LogP contribution in [-0.4, -0.2) is 42.5 Å². The van der Waals surface area contributed by atoms with Gasteiger partial charge in [0.25, 0.3) is 5.91 Å². The number of Topliss-reactive ketones (excluding diaryl/α,β-unsaturated/α-hetero) is 1. The van der Waals surface area contributed by atoms with E-state index in [0.717, 1.165) is 11.1 Å². The van der Waals surface area contributed by atoms with Crippen LogP contribution in [0.5, 0.6) is 0 Å². The highest BCUT2D eigenvalue weighted by Crippen LogP contribution is 2.46. The first-order chi connectivity index (χ1) is 11.2. The summed E-state index contributed by atoms with van der Waals surface area (Å²) in [6, 6.07) is 3.46. The van der Waals surface area contributed by atoms with Gasteiger partial charge in [0.15, 0.2) is 5.78 Å². The molecule has 0 radical (unpaired) electrons. The number of alkyl halides is 1. The maximum absolute atomic E-state index is 13.3. The zero-order valence-electron chi connectivity index (χ0n) is 13.9. The topological polar surface area (TPSA) is 58.6 Å². The third-order valence-corrected chi connectivity index (χ3v) is 5.84. The van der Waals surface area contributed by atoms with Crippen molar-refractivity contribution in [1.82, 2.24) is 10.4 Å². The van der Waals surface area contributed by atoms with Gasteiger partial charge in [-0.25, -0.2) is 0 Å². The number of benzene rings is 1. The van der Waals surface area contributed by atoms with Crippen molar-refractivity contribution in [3.8, 4) is 0 Å². The van der Waals surface area contributed by atoms with Crippen molar-refractivity contribution in [2.75, 3.05) is 20.2 Å². The van der Waals surface area contributed by atoms with Crippen molar-refractivity contribution in [3.05, 3.63) is 33.8 Å². The first-order valence-electron chi connectivity index (χ1n) is 7.87. The molecule has 2 aliphatic rings. The average Bonchev–Trinajstić information content (AvgIpc) is 2.69. The van der Waals surface area contributed by atoms with E-state index in [1.807, 2.05) is 13.8 Å². The van der Waals surface area contributed by atoms with Crippen molar-refractivity contribution in [3.63, 3.8) is 0 Å². The first kappa shape index (κ1) is 17.7. The third-order valence-electron chi connectivity index (χ3n) is 5.09. The van der Waals surface area contributed by atoms with E-state index in [-0.39, 0.29) is 5.78 Å². The minimum Gasteiger partial charge on any atom is -0.341 e. The fraction of sp³-hybridized carbons (Fsp3) is 0.529. The second kappa shape index (κ2) is 5.99. The average molecular weight is 371 g/mol. The molecule has 2 aliphatic heterocycles. The van der Waals surface area contributed by atoms with Crippen molar-refractivity contribution in [2.45, 2.75) is 37.1 Å². The zero-order chi connectivity index (χ0) is 17.7. The molecule has 2 fully saturated rings. The lowest BCUT2D eigenvalue weighted by atomic mass is 9.78. The molecule has 1 aromatic carbocycles. The Balaban J connectivity index is 2.03. The van der Waals surface area contributed by atoms with Gasteiger partial charge in [-0.05, 0) is 55.5 Å². The van der Waals surface area contributed by atoms with Crippen LogP contribution in [0.3, 0.4) is 0 Å². The number of hydrogen-bond acceptors (Lipinski definition) is 4. The van der Waals surface area contributed by atoms with Crippen LogP contribution in [0.4, 0.5) is 0 Å². The minimum absolute atomic E-state index is 0.272.